The highest BCUT2D eigenvalue weighted by Crippen LogP contribution is 2.17. The van der Waals surface area contributed by atoms with Crippen molar-refractivity contribution in [2.45, 2.75) is 6.92 Å². The molecule has 0 aliphatic rings. The molecule has 0 bridgehead atoms. The van der Waals surface area contributed by atoms with Crippen molar-refractivity contribution in [3.63, 3.8) is 0 Å². The summed E-state index contributed by atoms with van der Waals surface area (Å²) in [6.07, 6.45) is 5.02. The Bertz CT molecular complexity index is 1150. The Hall–Kier alpha value is -3.60. The number of para-hydroxylation sites is 1. The summed E-state index contributed by atoms with van der Waals surface area (Å²) in [5, 5.41) is 4.95. The first-order chi connectivity index (χ1) is 12.7. The van der Waals surface area contributed by atoms with Crippen LogP contribution in [-0.2, 0) is 0 Å². The van der Waals surface area contributed by atoms with Gasteiger partial charge in [0.15, 0.2) is 5.82 Å². The number of fused-ring (bicyclic) bond motifs is 1. The van der Waals surface area contributed by atoms with Gasteiger partial charge in [0.25, 0.3) is 5.56 Å². The molecule has 2 aromatic carbocycles. The molecule has 5 nitrogen and oxygen atoms in total. The van der Waals surface area contributed by atoms with Crippen molar-refractivity contribution >= 4 is 17.1 Å². The van der Waals surface area contributed by atoms with E-state index in [1.807, 2.05) is 61.5 Å². The molecule has 4 rings (SSSR count). The molecule has 126 valence electrons. The van der Waals surface area contributed by atoms with E-state index in [1.165, 1.54) is 10.2 Å². The highest BCUT2D eigenvalue weighted by Gasteiger charge is 2.12. The largest absolute Gasteiger partial charge is 0.282 e. The Morgan fingerprint density at radius 3 is 2.58 bits per heavy atom. The van der Waals surface area contributed by atoms with Crippen LogP contribution < -0.4 is 5.56 Å². The summed E-state index contributed by atoms with van der Waals surface area (Å²) in [5.41, 5.74) is 3.24. The van der Waals surface area contributed by atoms with E-state index >= 15 is 0 Å². The molecule has 0 aliphatic carbocycles. The summed E-state index contributed by atoms with van der Waals surface area (Å²) in [6.45, 7) is 2.03. The predicted octanol–water partition coefficient (Wildman–Crippen LogP) is 3.65. The molecule has 0 N–H and O–H groups in total. The van der Waals surface area contributed by atoms with E-state index in [0.29, 0.717) is 16.7 Å². The van der Waals surface area contributed by atoms with Gasteiger partial charge in [-0.15, -0.1) is 0 Å². The van der Waals surface area contributed by atoms with Gasteiger partial charge in [0.1, 0.15) is 0 Å². The molecule has 0 spiro atoms. The Balaban J connectivity index is 1.92. The summed E-state index contributed by atoms with van der Waals surface area (Å²) >= 11 is 0. The third-order valence-electron chi connectivity index (χ3n) is 4.07. The Morgan fingerprint density at radius 2 is 1.81 bits per heavy atom. The highest BCUT2D eigenvalue weighted by molar-refractivity contribution is 5.81. The number of aryl methyl sites for hydroxylation is 1. The minimum Gasteiger partial charge on any atom is -0.267 e. The van der Waals surface area contributed by atoms with Crippen LogP contribution in [0.15, 0.2) is 83.0 Å². The smallest absolute Gasteiger partial charge is 0.267 e. The van der Waals surface area contributed by atoms with Gasteiger partial charge in [0.05, 0.1) is 17.1 Å². The molecular weight excluding hydrogens is 324 g/mol. The van der Waals surface area contributed by atoms with Crippen LogP contribution in [0.25, 0.3) is 22.3 Å². The third-order valence-corrected chi connectivity index (χ3v) is 4.07. The molecule has 2 aromatic heterocycles. The zero-order valence-electron chi connectivity index (χ0n) is 14.2. The van der Waals surface area contributed by atoms with Crippen LogP contribution in [0.5, 0.6) is 0 Å². The van der Waals surface area contributed by atoms with E-state index < -0.39 is 0 Å². The lowest BCUT2D eigenvalue weighted by molar-refractivity contribution is 0.829. The SMILES string of the molecule is Cc1ccc(C=Nn2c(-c3cccnc3)nc3ccccc3c2=O)cc1. The Labute approximate surface area is 150 Å². The first kappa shape index (κ1) is 15.9. The van der Waals surface area contributed by atoms with E-state index in [-0.39, 0.29) is 5.56 Å². The molecular formula is C21H16N4O. The number of nitrogens with zero attached hydrogens (tertiary/aromatic N) is 4. The van der Waals surface area contributed by atoms with Crippen LogP contribution in [-0.4, -0.2) is 20.9 Å². The second-order valence-electron chi connectivity index (χ2n) is 5.97. The maximum atomic E-state index is 13.0. The number of hydrogen-bond donors (Lipinski definition) is 0. The normalized spacial score (nSPS) is 11.3. The van der Waals surface area contributed by atoms with Gasteiger partial charge in [-0.2, -0.15) is 9.78 Å². The Morgan fingerprint density at radius 1 is 1.00 bits per heavy atom. The molecule has 0 amide bonds. The minimum atomic E-state index is -0.210. The lowest BCUT2D eigenvalue weighted by Gasteiger charge is -2.09. The van der Waals surface area contributed by atoms with E-state index in [0.717, 1.165) is 11.1 Å². The fourth-order valence-corrected chi connectivity index (χ4v) is 2.69. The first-order valence-electron chi connectivity index (χ1n) is 8.25. The second kappa shape index (κ2) is 6.72. The topological polar surface area (TPSA) is 60.1 Å². The predicted molar refractivity (Wildman–Crippen MR) is 103 cm³/mol. The molecule has 0 atom stereocenters. The standard InChI is InChI=1S/C21H16N4O/c1-15-8-10-16(11-9-15)13-23-25-20(17-5-4-12-22-14-17)24-19-7-3-2-6-18(19)21(25)26/h2-14H,1H3. The molecule has 0 unspecified atom stereocenters. The maximum Gasteiger partial charge on any atom is 0.282 e. The van der Waals surface area contributed by atoms with Crippen molar-refractivity contribution < 1.29 is 0 Å². The second-order valence-corrected chi connectivity index (χ2v) is 5.97. The van der Waals surface area contributed by atoms with Crippen LogP contribution in [0, 0.1) is 6.92 Å². The van der Waals surface area contributed by atoms with E-state index in [4.69, 9.17) is 0 Å². The van der Waals surface area contributed by atoms with Gasteiger partial charge in [-0.1, -0.05) is 42.0 Å². The zero-order chi connectivity index (χ0) is 17.9. The lowest BCUT2D eigenvalue weighted by Crippen LogP contribution is -2.20. The van der Waals surface area contributed by atoms with Crippen molar-refractivity contribution in [3.05, 3.63) is 94.5 Å². The van der Waals surface area contributed by atoms with Crippen LogP contribution in [0.4, 0.5) is 0 Å². The van der Waals surface area contributed by atoms with Gasteiger partial charge < -0.3 is 0 Å². The molecule has 0 saturated heterocycles. The number of benzene rings is 2. The molecule has 0 radical (unpaired) electrons. The monoisotopic (exact) mass is 340 g/mol. The number of hydrogen-bond acceptors (Lipinski definition) is 4. The van der Waals surface area contributed by atoms with E-state index in [1.54, 1.807) is 24.7 Å². The molecule has 0 saturated carbocycles. The van der Waals surface area contributed by atoms with Crippen LogP contribution >= 0.6 is 0 Å². The lowest BCUT2D eigenvalue weighted by atomic mass is 10.2. The minimum absolute atomic E-state index is 0.210. The van der Waals surface area contributed by atoms with Gasteiger partial charge >= 0.3 is 0 Å². The van der Waals surface area contributed by atoms with Crippen molar-refractivity contribution in [1.82, 2.24) is 14.6 Å². The van der Waals surface area contributed by atoms with Crippen molar-refractivity contribution in [2.75, 3.05) is 0 Å². The van der Waals surface area contributed by atoms with Crippen LogP contribution in [0.2, 0.25) is 0 Å². The summed E-state index contributed by atoms with van der Waals surface area (Å²) in [5.74, 6) is 0.463. The van der Waals surface area contributed by atoms with Crippen molar-refractivity contribution in [3.8, 4) is 11.4 Å². The highest BCUT2D eigenvalue weighted by atomic mass is 16.1. The third kappa shape index (κ3) is 3.02. The molecule has 2 heterocycles. The van der Waals surface area contributed by atoms with Crippen molar-refractivity contribution in [1.29, 1.82) is 0 Å². The summed E-state index contributed by atoms with van der Waals surface area (Å²) < 4.78 is 1.33. The average Bonchev–Trinajstić information content (AvgIpc) is 2.69. The van der Waals surface area contributed by atoms with E-state index in [2.05, 4.69) is 15.1 Å². The summed E-state index contributed by atoms with van der Waals surface area (Å²) in [6, 6.07) is 18.9. The number of rotatable bonds is 3. The molecule has 4 aromatic rings. The zero-order valence-corrected chi connectivity index (χ0v) is 14.2. The van der Waals surface area contributed by atoms with Crippen molar-refractivity contribution in [2.24, 2.45) is 5.10 Å². The molecule has 5 heteroatoms. The first-order valence-corrected chi connectivity index (χ1v) is 8.25. The van der Waals surface area contributed by atoms with Gasteiger partial charge in [-0.25, -0.2) is 4.98 Å². The van der Waals surface area contributed by atoms with Gasteiger partial charge in [-0.3, -0.25) is 9.78 Å². The number of pyridine rings is 1. The quantitative estimate of drug-likeness (QED) is 0.535. The molecule has 26 heavy (non-hydrogen) atoms. The summed E-state index contributed by atoms with van der Waals surface area (Å²) in [7, 11) is 0. The van der Waals surface area contributed by atoms with Crippen LogP contribution in [0.3, 0.4) is 0 Å². The van der Waals surface area contributed by atoms with E-state index in [9.17, 15) is 4.79 Å². The van der Waals surface area contributed by atoms with Gasteiger partial charge in [0, 0.05) is 18.0 Å². The van der Waals surface area contributed by atoms with Gasteiger partial charge in [-0.05, 0) is 36.8 Å². The number of aromatic nitrogens is 3. The molecule has 0 aliphatic heterocycles. The molecule has 0 fully saturated rings. The van der Waals surface area contributed by atoms with Crippen LogP contribution in [0.1, 0.15) is 11.1 Å². The fraction of sp³-hybridized carbons (Fsp3) is 0.0476. The fourth-order valence-electron chi connectivity index (χ4n) is 2.69. The Kier molecular flexibility index (Phi) is 4.11. The maximum absolute atomic E-state index is 13.0. The average molecular weight is 340 g/mol. The van der Waals surface area contributed by atoms with Gasteiger partial charge in [0.2, 0.25) is 0 Å². The summed E-state index contributed by atoms with van der Waals surface area (Å²) in [4.78, 5) is 21.8.